The van der Waals surface area contributed by atoms with E-state index >= 15 is 0 Å². The minimum atomic E-state index is -4.45. The molecule has 0 fully saturated rings. The molecular weight excluding hydrogens is 361 g/mol. The van der Waals surface area contributed by atoms with Crippen molar-refractivity contribution in [2.24, 2.45) is 0 Å². The first-order valence-electron chi connectivity index (χ1n) is 7.99. The molecule has 0 spiro atoms. The Hall–Kier alpha value is -3.29. The molecule has 0 saturated heterocycles. The van der Waals surface area contributed by atoms with E-state index in [1.807, 2.05) is 30.3 Å². The Morgan fingerprint density at radius 3 is 2.59 bits per heavy atom. The molecule has 5 nitrogen and oxygen atoms in total. The van der Waals surface area contributed by atoms with Crippen LogP contribution in [0, 0.1) is 0 Å². The molecule has 3 aromatic rings. The van der Waals surface area contributed by atoms with Crippen molar-refractivity contribution in [2.75, 3.05) is 0 Å². The molecular formula is C19H15F3N2O3. The highest BCUT2D eigenvalue weighted by Gasteiger charge is 2.30. The first-order chi connectivity index (χ1) is 12.9. The standard InChI is InChI=1S/C19H15F3N2O3/c20-19(21,22)14-7-4-8-15(9-14)26-12-16-10-17(24-27-16)18(25)23-11-13-5-2-1-3-6-13/h1-10H,11-12H2,(H,23,25). The first-order valence-corrected chi connectivity index (χ1v) is 7.99. The summed E-state index contributed by atoms with van der Waals surface area (Å²) in [5.41, 5.74) is 0.189. The Bertz CT molecular complexity index is 908. The van der Waals surface area contributed by atoms with E-state index in [9.17, 15) is 18.0 Å². The maximum absolute atomic E-state index is 12.7. The predicted octanol–water partition coefficient (Wildman–Crippen LogP) is 4.20. The van der Waals surface area contributed by atoms with Crippen molar-refractivity contribution in [3.05, 3.63) is 83.2 Å². The summed E-state index contributed by atoms with van der Waals surface area (Å²) < 4.78 is 48.4. The molecule has 0 saturated carbocycles. The van der Waals surface area contributed by atoms with E-state index in [0.717, 1.165) is 17.7 Å². The smallest absolute Gasteiger partial charge is 0.416 e. The van der Waals surface area contributed by atoms with Crippen LogP contribution in [0.3, 0.4) is 0 Å². The van der Waals surface area contributed by atoms with E-state index in [1.54, 1.807) is 0 Å². The number of alkyl halides is 3. The summed E-state index contributed by atoms with van der Waals surface area (Å²) in [5, 5.41) is 6.35. The van der Waals surface area contributed by atoms with Gasteiger partial charge in [0.25, 0.3) is 5.91 Å². The van der Waals surface area contributed by atoms with Crippen LogP contribution in [0.1, 0.15) is 27.4 Å². The van der Waals surface area contributed by atoms with Gasteiger partial charge in [0.15, 0.2) is 11.5 Å². The normalized spacial score (nSPS) is 11.2. The van der Waals surface area contributed by atoms with Crippen LogP contribution < -0.4 is 10.1 Å². The zero-order valence-corrected chi connectivity index (χ0v) is 14.0. The molecule has 0 aliphatic carbocycles. The molecule has 27 heavy (non-hydrogen) atoms. The Labute approximate surface area is 152 Å². The maximum Gasteiger partial charge on any atom is 0.416 e. The van der Waals surface area contributed by atoms with Gasteiger partial charge >= 0.3 is 6.18 Å². The molecule has 1 aromatic heterocycles. The lowest BCUT2D eigenvalue weighted by Gasteiger charge is -2.09. The van der Waals surface area contributed by atoms with Crippen molar-refractivity contribution < 1.29 is 27.2 Å². The average Bonchev–Trinajstić information content (AvgIpc) is 3.14. The number of hydrogen-bond donors (Lipinski definition) is 1. The van der Waals surface area contributed by atoms with E-state index in [4.69, 9.17) is 9.26 Å². The summed E-state index contributed by atoms with van der Waals surface area (Å²) in [6, 6.07) is 15.2. The Morgan fingerprint density at radius 2 is 1.85 bits per heavy atom. The van der Waals surface area contributed by atoms with Crippen molar-refractivity contribution in [2.45, 2.75) is 19.3 Å². The second-order valence-corrected chi connectivity index (χ2v) is 5.66. The lowest BCUT2D eigenvalue weighted by atomic mass is 10.2. The zero-order chi connectivity index (χ0) is 19.3. The number of rotatable bonds is 6. The van der Waals surface area contributed by atoms with E-state index in [-0.39, 0.29) is 23.8 Å². The number of carbonyl (C=O) groups excluding carboxylic acids is 1. The van der Waals surface area contributed by atoms with E-state index in [0.29, 0.717) is 6.54 Å². The molecule has 1 amide bonds. The SMILES string of the molecule is O=C(NCc1ccccc1)c1cc(COc2cccc(C(F)(F)F)c2)on1. The summed E-state index contributed by atoms with van der Waals surface area (Å²) in [4.78, 5) is 12.1. The fourth-order valence-corrected chi connectivity index (χ4v) is 2.27. The van der Waals surface area contributed by atoms with Gasteiger partial charge in [0.1, 0.15) is 12.4 Å². The van der Waals surface area contributed by atoms with Crippen molar-refractivity contribution in [3.8, 4) is 5.75 Å². The van der Waals surface area contributed by atoms with Gasteiger partial charge in [-0.3, -0.25) is 4.79 Å². The molecule has 0 unspecified atom stereocenters. The predicted molar refractivity (Wildman–Crippen MR) is 89.9 cm³/mol. The van der Waals surface area contributed by atoms with Gasteiger partial charge in [0.2, 0.25) is 0 Å². The van der Waals surface area contributed by atoms with Crippen molar-refractivity contribution in [1.29, 1.82) is 0 Å². The number of nitrogens with one attached hydrogen (secondary N) is 1. The van der Waals surface area contributed by atoms with Crippen LogP contribution in [-0.2, 0) is 19.3 Å². The van der Waals surface area contributed by atoms with Gasteiger partial charge in [-0.2, -0.15) is 13.2 Å². The first kappa shape index (κ1) is 18.5. The molecule has 140 valence electrons. The van der Waals surface area contributed by atoms with Crippen LogP contribution in [-0.4, -0.2) is 11.1 Å². The van der Waals surface area contributed by atoms with Gasteiger partial charge in [-0.1, -0.05) is 41.6 Å². The zero-order valence-electron chi connectivity index (χ0n) is 14.0. The number of ether oxygens (including phenoxy) is 1. The summed E-state index contributed by atoms with van der Waals surface area (Å²) in [7, 11) is 0. The number of carbonyl (C=O) groups is 1. The number of aromatic nitrogens is 1. The highest BCUT2D eigenvalue weighted by molar-refractivity contribution is 5.92. The van der Waals surface area contributed by atoms with Crippen molar-refractivity contribution in [3.63, 3.8) is 0 Å². The number of nitrogens with zero attached hydrogens (tertiary/aromatic N) is 1. The number of hydrogen-bond acceptors (Lipinski definition) is 4. The van der Waals surface area contributed by atoms with Gasteiger partial charge in [-0.15, -0.1) is 0 Å². The maximum atomic E-state index is 12.7. The molecule has 1 heterocycles. The fourth-order valence-electron chi connectivity index (χ4n) is 2.27. The lowest BCUT2D eigenvalue weighted by Crippen LogP contribution is -2.22. The molecule has 3 rings (SSSR count). The molecule has 0 aliphatic heterocycles. The fraction of sp³-hybridized carbons (Fsp3) is 0.158. The van der Waals surface area contributed by atoms with Crippen LogP contribution in [0.4, 0.5) is 13.2 Å². The highest BCUT2D eigenvalue weighted by atomic mass is 19.4. The molecule has 0 aliphatic rings. The monoisotopic (exact) mass is 376 g/mol. The Morgan fingerprint density at radius 1 is 1.07 bits per heavy atom. The molecule has 0 radical (unpaired) electrons. The molecule has 0 atom stereocenters. The van der Waals surface area contributed by atoms with Crippen LogP contribution in [0.25, 0.3) is 0 Å². The van der Waals surface area contributed by atoms with Crippen molar-refractivity contribution in [1.82, 2.24) is 10.5 Å². The molecule has 8 heteroatoms. The summed E-state index contributed by atoms with van der Waals surface area (Å²) in [6.07, 6.45) is -4.45. The molecule has 1 N–H and O–H groups in total. The largest absolute Gasteiger partial charge is 0.486 e. The number of benzene rings is 2. The van der Waals surface area contributed by atoms with Gasteiger partial charge in [-0.05, 0) is 23.8 Å². The Balaban J connectivity index is 1.56. The number of halogens is 3. The Kier molecular flexibility index (Phi) is 5.44. The van der Waals surface area contributed by atoms with Crippen molar-refractivity contribution >= 4 is 5.91 Å². The summed E-state index contributed by atoms with van der Waals surface area (Å²) >= 11 is 0. The third-order valence-corrected chi connectivity index (χ3v) is 3.63. The van der Waals surface area contributed by atoms with Gasteiger partial charge < -0.3 is 14.6 Å². The van der Waals surface area contributed by atoms with Crippen LogP contribution in [0.15, 0.2) is 65.2 Å². The van der Waals surface area contributed by atoms with Crippen LogP contribution >= 0.6 is 0 Å². The topological polar surface area (TPSA) is 64.4 Å². The molecule has 2 aromatic carbocycles. The van der Waals surface area contributed by atoms with Gasteiger partial charge in [-0.25, -0.2) is 0 Å². The highest BCUT2D eigenvalue weighted by Crippen LogP contribution is 2.31. The third-order valence-electron chi connectivity index (χ3n) is 3.63. The van der Waals surface area contributed by atoms with Crippen LogP contribution in [0.2, 0.25) is 0 Å². The third kappa shape index (κ3) is 5.10. The minimum Gasteiger partial charge on any atom is -0.486 e. The summed E-state index contributed by atoms with van der Waals surface area (Å²) in [5.74, 6) is -0.165. The van der Waals surface area contributed by atoms with Gasteiger partial charge in [0, 0.05) is 12.6 Å². The summed E-state index contributed by atoms with van der Waals surface area (Å²) in [6.45, 7) is 0.183. The second kappa shape index (κ2) is 7.94. The van der Waals surface area contributed by atoms with Gasteiger partial charge in [0.05, 0.1) is 5.56 Å². The van der Waals surface area contributed by atoms with E-state index in [2.05, 4.69) is 10.5 Å². The van der Waals surface area contributed by atoms with Crippen LogP contribution in [0.5, 0.6) is 5.75 Å². The average molecular weight is 376 g/mol. The number of amides is 1. The quantitative estimate of drug-likeness (QED) is 0.700. The van der Waals surface area contributed by atoms with E-state index < -0.39 is 17.6 Å². The minimum absolute atomic E-state index is 0.0382. The molecule has 0 bridgehead atoms. The lowest BCUT2D eigenvalue weighted by molar-refractivity contribution is -0.137. The van der Waals surface area contributed by atoms with E-state index in [1.165, 1.54) is 18.2 Å². The second-order valence-electron chi connectivity index (χ2n) is 5.66.